The molecule has 0 aliphatic rings. The standard InChI is InChI=1S/C17H12Cl2N4O4/c1-9(16(24)22-14-5-2-10(18)6-13(14)19)27-17-12-4-3-11(23(25)26)7-15(12)20-8-21-17/h2-9H,1H3,(H,22,24)/t9-/m0/s1. The Kier molecular flexibility index (Phi) is 5.38. The number of rotatable bonds is 5. The third-order valence-electron chi connectivity index (χ3n) is 3.64. The van der Waals surface area contributed by atoms with E-state index in [0.29, 0.717) is 26.6 Å². The predicted molar refractivity (Wildman–Crippen MR) is 101 cm³/mol. The largest absolute Gasteiger partial charge is 0.464 e. The van der Waals surface area contributed by atoms with E-state index in [1.807, 2.05) is 0 Å². The summed E-state index contributed by atoms with van der Waals surface area (Å²) in [5, 5.41) is 14.7. The average molecular weight is 407 g/mol. The summed E-state index contributed by atoms with van der Waals surface area (Å²) < 4.78 is 5.62. The minimum Gasteiger partial charge on any atom is -0.464 e. The maximum absolute atomic E-state index is 12.4. The monoisotopic (exact) mass is 406 g/mol. The number of carbonyl (C=O) groups excluding carboxylic acids is 1. The molecule has 0 aliphatic carbocycles. The van der Waals surface area contributed by atoms with Gasteiger partial charge in [0.2, 0.25) is 5.88 Å². The topological polar surface area (TPSA) is 107 Å². The molecule has 3 aromatic rings. The number of aromatic nitrogens is 2. The first-order valence-electron chi connectivity index (χ1n) is 7.67. The quantitative estimate of drug-likeness (QED) is 0.501. The van der Waals surface area contributed by atoms with Crippen LogP contribution in [0, 0.1) is 10.1 Å². The van der Waals surface area contributed by atoms with Crippen molar-refractivity contribution in [3.05, 3.63) is 62.9 Å². The number of nitro groups is 1. The SMILES string of the molecule is C[C@H](Oc1ncnc2cc([N+](=O)[O-])ccc12)C(=O)Nc1ccc(Cl)cc1Cl. The Bertz CT molecular complexity index is 1040. The number of hydrogen-bond donors (Lipinski definition) is 1. The first-order valence-corrected chi connectivity index (χ1v) is 8.42. The van der Waals surface area contributed by atoms with E-state index in [9.17, 15) is 14.9 Å². The number of nitrogens with one attached hydrogen (secondary N) is 1. The maximum Gasteiger partial charge on any atom is 0.271 e. The number of ether oxygens (including phenoxy) is 1. The molecule has 0 aliphatic heterocycles. The lowest BCUT2D eigenvalue weighted by Crippen LogP contribution is -2.30. The zero-order chi connectivity index (χ0) is 19.6. The predicted octanol–water partition coefficient (Wildman–Crippen LogP) is 4.25. The molecule has 1 amide bonds. The molecule has 0 radical (unpaired) electrons. The zero-order valence-corrected chi connectivity index (χ0v) is 15.4. The van der Waals surface area contributed by atoms with Crippen molar-refractivity contribution >= 4 is 51.4 Å². The van der Waals surface area contributed by atoms with Crippen LogP contribution in [0.3, 0.4) is 0 Å². The van der Waals surface area contributed by atoms with Gasteiger partial charge in [-0.15, -0.1) is 0 Å². The van der Waals surface area contributed by atoms with Gasteiger partial charge in [-0.05, 0) is 31.2 Å². The molecular weight excluding hydrogens is 395 g/mol. The van der Waals surface area contributed by atoms with Gasteiger partial charge in [0.25, 0.3) is 11.6 Å². The van der Waals surface area contributed by atoms with Crippen LogP contribution in [-0.2, 0) is 4.79 Å². The summed E-state index contributed by atoms with van der Waals surface area (Å²) in [6.07, 6.45) is 0.298. The molecule has 0 saturated heterocycles. The maximum atomic E-state index is 12.4. The van der Waals surface area contributed by atoms with E-state index in [1.165, 1.54) is 30.6 Å². The van der Waals surface area contributed by atoms with Gasteiger partial charge >= 0.3 is 0 Å². The highest BCUT2D eigenvalue weighted by Gasteiger charge is 2.19. The third-order valence-corrected chi connectivity index (χ3v) is 4.19. The van der Waals surface area contributed by atoms with E-state index in [4.69, 9.17) is 27.9 Å². The van der Waals surface area contributed by atoms with Crippen molar-refractivity contribution in [1.82, 2.24) is 9.97 Å². The van der Waals surface area contributed by atoms with Gasteiger partial charge in [-0.25, -0.2) is 9.97 Å². The van der Waals surface area contributed by atoms with Crippen LogP contribution in [0.2, 0.25) is 10.0 Å². The van der Waals surface area contributed by atoms with E-state index in [1.54, 1.807) is 19.1 Å². The fraction of sp³-hybridized carbons (Fsp3) is 0.118. The molecule has 10 heteroatoms. The van der Waals surface area contributed by atoms with Gasteiger partial charge in [-0.3, -0.25) is 14.9 Å². The molecule has 0 spiro atoms. The van der Waals surface area contributed by atoms with Crippen molar-refractivity contribution in [3.8, 4) is 5.88 Å². The molecule has 0 saturated carbocycles. The Balaban J connectivity index is 1.79. The van der Waals surface area contributed by atoms with Gasteiger partial charge in [-0.1, -0.05) is 23.2 Å². The van der Waals surface area contributed by atoms with E-state index >= 15 is 0 Å². The fourth-order valence-electron chi connectivity index (χ4n) is 2.27. The Labute approximate surface area is 163 Å². The van der Waals surface area contributed by atoms with E-state index in [-0.39, 0.29) is 11.6 Å². The molecule has 138 valence electrons. The van der Waals surface area contributed by atoms with E-state index in [2.05, 4.69) is 15.3 Å². The van der Waals surface area contributed by atoms with Crippen LogP contribution in [0.25, 0.3) is 10.9 Å². The smallest absolute Gasteiger partial charge is 0.271 e. The molecular formula is C17H12Cl2N4O4. The van der Waals surface area contributed by atoms with Crippen LogP contribution in [0.5, 0.6) is 5.88 Å². The van der Waals surface area contributed by atoms with Gasteiger partial charge in [-0.2, -0.15) is 0 Å². The number of hydrogen-bond acceptors (Lipinski definition) is 6. The second-order valence-corrected chi connectivity index (χ2v) is 6.35. The molecule has 1 aromatic heterocycles. The van der Waals surface area contributed by atoms with Crippen LogP contribution in [0.4, 0.5) is 11.4 Å². The van der Waals surface area contributed by atoms with Gasteiger partial charge in [0, 0.05) is 17.2 Å². The Hall–Kier alpha value is -2.97. The van der Waals surface area contributed by atoms with E-state index < -0.39 is 16.9 Å². The molecule has 0 unspecified atom stereocenters. The number of nitrogens with zero attached hydrogens (tertiary/aromatic N) is 3. The third kappa shape index (κ3) is 4.24. The summed E-state index contributed by atoms with van der Waals surface area (Å²) >= 11 is 11.9. The molecule has 0 bridgehead atoms. The van der Waals surface area contributed by atoms with Gasteiger partial charge in [0.1, 0.15) is 6.33 Å². The molecule has 8 nitrogen and oxygen atoms in total. The Morgan fingerprint density at radius 1 is 1.22 bits per heavy atom. The van der Waals surface area contributed by atoms with Crippen molar-refractivity contribution in [2.75, 3.05) is 5.32 Å². The summed E-state index contributed by atoms with van der Waals surface area (Å²) in [7, 11) is 0. The number of fused-ring (bicyclic) bond motifs is 1. The minimum absolute atomic E-state index is 0.102. The second-order valence-electron chi connectivity index (χ2n) is 5.51. The van der Waals surface area contributed by atoms with Gasteiger partial charge in [0.05, 0.1) is 26.5 Å². The molecule has 1 atom stereocenters. The first-order chi connectivity index (χ1) is 12.8. The highest BCUT2D eigenvalue weighted by molar-refractivity contribution is 6.36. The summed E-state index contributed by atoms with van der Waals surface area (Å²) in [5.41, 5.74) is 0.627. The van der Waals surface area contributed by atoms with Crippen LogP contribution in [0.1, 0.15) is 6.92 Å². The normalized spacial score (nSPS) is 11.8. The lowest BCUT2D eigenvalue weighted by atomic mass is 10.2. The number of benzene rings is 2. The number of nitro benzene ring substituents is 1. The van der Waals surface area contributed by atoms with Crippen molar-refractivity contribution in [1.29, 1.82) is 0 Å². The molecule has 2 aromatic carbocycles. The fourth-order valence-corrected chi connectivity index (χ4v) is 2.73. The molecule has 0 fully saturated rings. The Morgan fingerprint density at radius 3 is 2.70 bits per heavy atom. The highest BCUT2D eigenvalue weighted by atomic mass is 35.5. The van der Waals surface area contributed by atoms with Gasteiger partial charge in [0.15, 0.2) is 6.10 Å². The summed E-state index contributed by atoms with van der Waals surface area (Å²) in [6, 6.07) is 8.78. The number of carbonyl (C=O) groups is 1. The lowest BCUT2D eigenvalue weighted by molar-refractivity contribution is -0.384. The number of halogens is 2. The van der Waals surface area contributed by atoms with Crippen molar-refractivity contribution in [2.45, 2.75) is 13.0 Å². The van der Waals surface area contributed by atoms with Crippen molar-refractivity contribution < 1.29 is 14.5 Å². The highest BCUT2D eigenvalue weighted by Crippen LogP contribution is 2.27. The molecule has 1 N–H and O–H groups in total. The number of amides is 1. The molecule has 27 heavy (non-hydrogen) atoms. The summed E-state index contributed by atoms with van der Waals surface area (Å²) in [4.78, 5) is 30.7. The van der Waals surface area contributed by atoms with Crippen LogP contribution in [0.15, 0.2) is 42.7 Å². The van der Waals surface area contributed by atoms with Gasteiger partial charge < -0.3 is 10.1 Å². The summed E-state index contributed by atoms with van der Waals surface area (Å²) in [5.74, 6) is -0.312. The van der Waals surface area contributed by atoms with Crippen molar-refractivity contribution in [3.63, 3.8) is 0 Å². The summed E-state index contributed by atoms with van der Waals surface area (Å²) in [6.45, 7) is 1.54. The molecule has 1 heterocycles. The van der Waals surface area contributed by atoms with Crippen LogP contribution in [-0.4, -0.2) is 26.9 Å². The molecule has 3 rings (SSSR count). The first kappa shape index (κ1) is 18.8. The zero-order valence-electron chi connectivity index (χ0n) is 13.8. The Morgan fingerprint density at radius 2 is 2.00 bits per heavy atom. The average Bonchev–Trinajstić information content (AvgIpc) is 2.63. The lowest BCUT2D eigenvalue weighted by Gasteiger charge is -2.15. The number of non-ortho nitro benzene ring substituents is 1. The van der Waals surface area contributed by atoms with Crippen LogP contribution < -0.4 is 10.1 Å². The minimum atomic E-state index is -0.912. The number of anilines is 1. The van der Waals surface area contributed by atoms with Crippen LogP contribution >= 0.6 is 23.2 Å². The second kappa shape index (κ2) is 7.73. The van der Waals surface area contributed by atoms with Crippen molar-refractivity contribution in [2.24, 2.45) is 0 Å². The van der Waals surface area contributed by atoms with E-state index in [0.717, 1.165) is 0 Å².